The van der Waals surface area contributed by atoms with Crippen LogP contribution >= 0.6 is 0 Å². The van der Waals surface area contributed by atoms with Crippen LogP contribution in [0.5, 0.6) is 5.75 Å². The van der Waals surface area contributed by atoms with E-state index in [1.165, 1.54) is 29.2 Å². The number of nitrogens with one attached hydrogen (secondary N) is 1. The number of para-hydroxylation sites is 1. The fourth-order valence-corrected chi connectivity index (χ4v) is 3.04. The zero-order valence-corrected chi connectivity index (χ0v) is 14.2. The molecule has 0 amide bonds. The van der Waals surface area contributed by atoms with Gasteiger partial charge in [-0.2, -0.15) is 18.9 Å². The van der Waals surface area contributed by atoms with Crippen molar-refractivity contribution in [2.24, 2.45) is 0 Å². The van der Waals surface area contributed by atoms with Crippen molar-refractivity contribution in [1.82, 2.24) is 14.8 Å². The standard InChI is InChI=1S/C18H13F2N5O3/c19-17(20)28-16-7-2-1-6-13(16)15-9-14(23-18-21-10-22-24(15)18)11-4-3-5-12(8-11)25(26)27/h1-10,15,17H,(H,21,22,23)/t15-/m1/s1. The SMILES string of the molecule is O=[N+]([O-])c1cccc(C2=C[C@H](c3ccccc3OC(F)F)n3ncnc3N2)c1. The van der Waals surface area contributed by atoms with Gasteiger partial charge in [-0.25, -0.2) is 4.68 Å². The quantitative estimate of drug-likeness (QED) is 0.530. The first-order chi connectivity index (χ1) is 13.5. The van der Waals surface area contributed by atoms with E-state index in [1.807, 2.05) is 0 Å². The van der Waals surface area contributed by atoms with E-state index in [-0.39, 0.29) is 11.4 Å². The van der Waals surface area contributed by atoms with Crippen molar-refractivity contribution in [3.8, 4) is 5.75 Å². The normalized spacial score (nSPS) is 15.5. The minimum absolute atomic E-state index is 0.0143. The van der Waals surface area contributed by atoms with E-state index in [0.29, 0.717) is 22.8 Å². The lowest BCUT2D eigenvalue weighted by Gasteiger charge is -2.25. The first-order valence-electron chi connectivity index (χ1n) is 8.20. The highest BCUT2D eigenvalue weighted by molar-refractivity contribution is 5.78. The molecule has 0 aliphatic carbocycles. The molecule has 1 aliphatic heterocycles. The van der Waals surface area contributed by atoms with E-state index >= 15 is 0 Å². The molecule has 0 unspecified atom stereocenters. The zero-order valence-electron chi connectivity index (χ0n) is 14.2. The molecule has 0 fully saturated rings. The third-order valence-corrected chi connectivity index (χ3v) is 4.23. The Bertz CT molecular complexity index is 1070. The van der Waals surface area contributed by atoms with Crippen LogP contribution in [0, 0.1) is 10.1 Å². The number of fused-ring (bicyclic) bond motifs is 1. The van der Waals surface area contributed by atoms with Crippen LogP contribution in [0.4, 0.5) is 20.4 Å². The number of alkyl halides is 2. The molecule has 0 saturated heterocycles. The van der Waals surface area contributed by atoms with Crippen molar-refractivity contribution in [1.29, 1.82) is 0 Å². The number of nitrogens with zero attached hydrogens (tertiary/aromatic N) is 4. The van der Waals surface area contributed by atoms with Crippen LogP contribution in [0.25, 0.3) is 5.70 Å². The molecule has 1 aromatic heterocycles. The summed E-state index contributed by atoms with van der Waals surface area (Å²) in [6, 6.07) is 11.9. The van der Waals surface area contributed by atoms with Gasteiger partial charge in [0.25, 0.3) is 5.69 Å². The molecule has 0 radical (unpaired) electrons. The molecule has 1 atom stereocenters. The summed E-state index contributed by atoms with van der Waals surface area (Å²) in [5, 5.41) is 18.3. The number of benzene rings is 2. The largest absolute Gasteiger partial charge is 0.434 e. The van der Waals surface area contributed by atoms with Crippen LogP contribution in [0.2, 0.25) is 0 Å². The van der Waals surface area contributed by atoms with E-state index in [9.17, 15) is 18.9 Å². The molecule has 4 rings (SSSR count). The van der Waals surface area contributed by atoms with E-state index in [2.05, 4.69) is 20.1 Å². The molecule has 0 saturated carbocycles. The van der Waals surface area contributed by atoms with E-state index in [4.69, 9.17) is 0 Å². The van der Waals surface area contributed by atoms with Crippen LogP contribution in [0.3, 0.4) is 0 Å². The Morgan fingerprint density at radius 2 is 2.04 bits per heavy atom. The first-order valence-corrected chi connectivity index (χ1v) is 8.20. The van der Waals surface area contributed by atoms with E-state index in [0.717, 1.165) is 0 Å². The summed E-state index contributed by atoms with van der Waals surface area (Å²) in [4.78, 5) is 14.7. The topological polar surface area (TPSA) is 95.1 Å². The summed E-state index contributed by atoms with van der Waals surface area (Å²) in [5.74, 6) is 0.390. The predicted molar refractivity (Wildman–Crippen MR) is 95.9 cm³/mol. The van der Waals surface area contributed by atoms with E-state index in [1.54, 1.807) is 36.4 Å². The maximum atomic E-state index is 12.8. The number of hydrogen-bond acceptors (Lipinski definition) is 6. The Kier molecular flexibility index (Phi) is 4.44. The minimum Gasteiger partial charge on any atom is -0.434 e. The molecule has 1 aliphatic rings. The lowest BCUT2D eigenvalue weighted by molar-refractivity contribution is -0.384. The van der Waals surface area contributed by atoms with Crippen LogP contribution in [0.1, 0.15) is 17.2 Å². The Morgan fingerprint density at radius 1 is 1.21 bits per heavy atom. The maximum Gasteiger partial charge on any atom is 0.387 e. The minimum atomic E-state index is -2.97. The Hall–Kier alpha value is -3.82. The molecule has 8 nitrogen and oxygen atoms in total. The summed E-state index contributed by atoms with van der Waals surface area (Å²) in [7, 11) is 0. The van der Waals surface area contributed by atoms with Gasteiger partial charge in [-0.3, -0.25) is 10.1 Å². The number of nitro groups is 1. The molecular formula is C18H13F2N5O3. The predicted octanol–water partition coefficient (Wildman–Crippen LogP) is 3.84. The van der Waals surface area contributed by atoms with Gasteiger partial charge >= 0.3 is 6.61 Å². The summed E-state index contributed by atoms with van der Waals surface area (Å²) in [6.45, 7) is -2.97. The summed E-state index contributed by atoms with van der Waals surface area (Å²) in [6.07, 6.45) is 3.06. The van der Waals surface area contributed by atoms with Gasteiger partial charge in [0.2, 0.25) is 5.95 Å². The first kappa shape index (κ1) is 17.6. The second kappa shape index (κ2) is 7.06. The van der Waals surface area contributed by atoms with Crippen molar-refractivity contribution in [3.05, 3.63) is 82.2 Å². The summed E-state index contributed by atoms with van der Waals surface area (Å²) >= 11 is 0. The number of nitro benzene ring substituents is 1. The summed E-state index contributed by atoms with van der Waals surface area (Å²) < 4.78 is 31.8. The number of allylic oxidation sites excluding steroid dienone is 1. The molecular weight excluding hydrogens is 372 g/mol. The fraction of sp³-hybridized carbons (Fsp3) is 0.111. The monoisotopic (exact) mass is 385 g/mol. The molecule has 0 spiro atoms. The molecule has 2 aromatic carbocycles. The van der Waals surface area contributed by atoms with Crippen LogP contribution in [0.15, 0.2) is 60.9 Å². The molecule has 3 aromatic rings. The fourth-order valence-electron chi connectivity index (χ4n) is 3.04. The molecule has 10 heteroatoms. The third-order valence-electron chi connectivity index (χ3n) is 4.23. The number of hydrogen-bond donors (Lipinski definition) is 1. The van der Waals surface area contributed by atoms with Gasteiger partial charge in [0.15, 0.2) is 0 Å². The van der Waals surface area contributed by atoms with Gasteiger partial charge in [0, 0.05) is 29.0 Å². The number of aromatic nitrogens is 3. The highest BCUT2D eigenvalue weighted by Gasteiger charge is 2.27. The number of halogens is 2. The van der Waals surface area contributed by atoms with Crippen LogP contribution in [-0.4, -0.2) is 26.3 Å². The van der Waals surface area contributed by atoms with Gasteiger partial charge in [-0.1, -0.05) is 30.3 Å². The lowest BCUT2D eigenvalue weighted by atomic mass is 10.0. The molecule has 2 heterocycles. The number of rotatable bonds is 5. The Morgan fingerprint density at radius 3 is 2.82 bits per heavy atom. The average Bonchev–Trinajstić information content (AvgIpc) is 3.16. The van der Waals surface area contributed by atoms with Crippen molar-refractivity contribution < 1.29 is 18.4 Å². The van der Waals surface area contributed by atoms with Crippen LogP contribution < -0.4 is 10.1 Å². The smallest absolute Gasteiger partial charge is 0.387 e. The van der Waals surface area contributed by atoms with E-state index < -0.39 is 17.6 Å². The Labute approximate surface area is 157 Å². The van der Waals surface area contributed by atoms with Crippen molar-refractivity contribution in [2.45, 2.75) is 12.7 Å². The third kappa shape index (κ3) is 3.27. The number of non-ortho nitro benzene ring substituents is 1. The highest BCUT2D eigenvalue weighted by Crippen LogP contribution is 2.36. The van der Waals surface area contributed by atoms with Gasteiger partial charge in [-0.15, -0.1) is 0 Å². The van der Waals surface area contributed by atoms with Crippen molar-refractivity contribution in [2.75, 3.05) is 5.32 Å². The molecule has 142 valence electrons. The Balaban J connectivity index is 1.81. The lowest BCUT2D eigenvalue weighted by Crippen LogP contribution is -2.21. The van der Waals surface area contributed by atoms with Gasteiger partial charge in [0.1, 0.15) is 18.1 Å². The molecule has 1 N–H and O–H groups in total. The maximum absolute atomic E-state index is 12.8. The van der Waals surface area contributed by atoms with Crippen LogP contribution in [-0.2, 0) is 0 Å². The average molecular weight is 385 g/mol. The molecule has 28 heavy (non-hydrogen) atoms. The second-order valence-electron chi connectivity index (χ2n) is 5.90. The van der Waals surface area contributed by atoms with Crippen molar-refractivity contribution in [3.63, 3.8) is 0 Å². The highest BCUT2D eigenvalue weighted by atomic mass is 19.3. The van der Waals surface area contributed by atoms with Gasteiger partial charge in [0.05, 0.1) is 4.92 Å². The summed E-state index contributed by atoms with van der Waals surface area (Å²) in [5.41, 5.74) is 1.49. The van der Waals surface area contributed by atoms with Gasteiger partial charge < -0.3 is 10.1 Å². The zero-order chi connectivity index (χ0) is 19.7. The molecule has 0 bridgehead atoms. The van der Waals surface area contributed by atoms with Crippen molar-refractivity contribution >= 4 is 17.3 Å². The van der Waals surface area contributed by atoms with Gasteiger partial charge in [-0.05, 0) is 12.1 Å². The number of anilines is 1. The second-order valence-corrected chi connectivity index (χ2v) is 5.90. The number of ether oxygens (including phenoxy) is 1.